The molecule has 1 aromatic heterocycles. The van der Waals surface area contributed by atoms with Crippen LogP contribution in [0.15, 0.2) is 54.7 Å². The highest BCUT2D eigenvalue weighted by Crippen LogP contribution is 2.31. The maximum atomic E-state index is 13.7. The quantitative estimate of drug-likeness (QED) is 0.265. The summed E-state index contributed by atoms with van der Waals surface area (Å²) in [5, 5.41) is 5.87. The first-order valence-corrected chi connectivity index (χ1v) is 14.0. The van der Waals surface area contributed by atoms with E-state index >= 15 is 0 Å². The second-order valence-electron chi connectivity index (χ2n) is 11.2. The van der Waals surface area contributed by atoms with Gasteiger partial charge >= 0.3 is 18.2 Å². The number of amides is 1. The summed E-state index contributed by atoms with van der Waals surface area (Å²) >= 11 is 0. The van der Waals surface area contributed by atoms with Crippen LogP contribution in [0.4, 0.5) is 35.3 Å². The Balaban J connectivity index is 1.44. The van der Waals surface area contributed by atoms with Gasteiger partial charge < -0.3 is 25.0 Å². The highest BCUT2D eigenvalue weighted by Gasteiger charge is 2.35. The SMILES string of the molecule is COC(=O)Cc1ccccc1C#Cc1nc(Nc2ccc(N3CCC(NC(=O)OC(C)(C)C)CC3)cc2)ncc1C(F)(F)F. The van der Waals surface area contributed by atoms with Gasteiger partial charge in [-0.25, -0.2) is 14.8 Å². The molecule has 0 unspecified atom stereocenters. The monoisotopic (exact) mass is 609 g/mol. The van der Waals surface area contributed by atoms with E-state index in [0.29, 0.717) is 23.0 Å². The fourth-order valence-electron chi connectivity index (χ4n) is 4.54. The molecule has 1 aliphatic rings. The van der Waals surface area contributed by atoms with Crippen molar-refractivity contribution in [2.75, 3.05) is 30.4 Å². The Labute approximate surface area is 254 Å². The van der Waals surface area contributed by atoms with E-state index in [1.54, 1.807) is 36.4 Å². The van der Waals surface area contributed by atoms with Gasteiger partial charge in [-0.1, -0.05) is 24.1 Å². The summed E-state index contributed by atoms with van der Waals surface area (Å²) in [6.45, 7) is 6.94. The number of alkyl halides is 3. The van der Waals surface area contributed by atoms with E-state index in [0.717, 1.165) is 31.6 Å². The van der Waals surface area contributed by atoms with Crippen LogP contribution in [0.1, 0.15) is 56.0 Å². The predicted octanol–water partition coefficient (Wildman–Crippen LogP) is 5.85. The van der Waals surface area contributed by atoms with Gasteiger partial charge in [0.15, 0.2) is 0 Å². The molecule has 0 spiro atoms. The molecule has 2 N–H and O–H groups in total. The largest absolute Gasteiger partial charge is 0.469 e. The third kappa shape index (κ3) is 9.10. The lowest BCUT2D eigenvalue weighted by molar-refractivity contribution is -0.140. The van der Waals surface area contributed by atoms with Crippen molar-refractivity contribution in [1.29, 1.82) is 0 Å². The van der Waals surface area contributed by atoms with Crippen molar-refractivity contribution in [1.82, 2.24) is 15.3 Å². The summed E-state index contributed by atoms with van der Waals surface area (Å²) in [6, 6.07) is 14.0. The van der Waals surface area contributed by atoms with E-state index in [2.05, 4.69) is 37.3 Å². The summed E-state index contributed by atoms with van der Waals surface area (Å²) < 4.78 is 51.3. The number of carbonyl (C=O) groups is 2. The molecule has 1 fully saturated rings. The number of alkyl carbamates (subject to hydrolysis) is 1. The molecule has 232 valence electrons. The van der Waals surface area contributed by atoms with Crippen LogP contribution in [0.5, 0.6) is 0 Å². The van der Waals surface area contributed by atoms with Crippen LogP contribution in [0.3, 0.4) is 0 Å². The average Bonchev–Trinajstić information content (AvgIpc) is 2.96. The number of ether oxygens (including phenoxy) is 2. The molecule has 0 aliphatic carbocycles. The van der Waals surface area contributed by atoms with E-state index < -0.39 is 35.1 Å². The zero-order valence-electron chi connectivity index (χ0n) is 24.9. The summed E-state index contributed by atoms with van der Waals surface area (Å²) in [5.74, 6) is 4.70. The van der Waals surface area contributed by atoms with Crippen molar-refractivity contribution >= 4 is 29.4 Å². The van der Waals surface area contributed by atoms with Crippen LogP contribution >= 0.6 is 0 Å². The van der Waals surface area contributed by atoms with Crippen LogP contribution in [-0.2, 0) is 26.9 Å². The summed E-state index contributed by atoms with van der Waals surface area (Å²) in [5.41, 5.74) is 0.341. The molecule has 2 aromatic carbocycles. The maximum absolute atomic E-state index is 13.7. The van der Waals surface area contributed by atoms with Crippen molar-refractivity contribution in [3.63, 3.8) is 0 Å². The van der Waals surface area contributed by atoms with Crippen LogP contribution < -0.4 is 15.5 Å². The molecule has 0 atom stereocenters. The molecule has 3 aromatic rings. The minimum atomic E-state index is -4.72. The summed E-state index contributed by atoms with van der Waals surface area (Å²) in [4.78, 5) is 33.9. The van der Waals surface area contributed by atoms with Gasteiger partial charge in [0.1, 0.15) is 16.9 Å². The highest BCUT2D eigenvalue weighted by atomic mass is 19.4. The van der Waals surface area contributed by atoms with Crippen LogP contribution in [0, 0.1) is 11.8 Å². The standard InChI is InChI=1S/C32H34F3N5O4/c1-31(2,3)44-30(42)38-24-15-17-40(18-16-24)25-12-10-23(11-13-25)37-29-36-20-26(32(33,34)35)27(39-29)14-9-21-7-5-6-8-22(21)19-28(41)43-4/h5-8,10-13,20,24H,15-19H2,1-4H3,(H,38,42)(H,36,37,39). The number of anilines is 3. The molecule has 2 heterocycles. The predicted molar refractivity (Wildman–Crippen MR) is 160 cm³/mol. The van der Waals surface area contributed by atoms with Gasteiger partial charge in [0, 0.05) is 42.3 Å². The topological polar surface area (TPSA) is 106 Å². The van der Waals surface area contributed by atoms with Gasteiger partial charge in [-0.05, 0) is 75.4 Å². The maximum Gasteiger partial charge on any atom is 0.420 e. The number of nitrogens with zero attached hydrogens (tertiary/aromatic N) is 3. The Morgan fingerprint density at radius 2 is 1.70 bits per heavy atom. The Hall–Kier alpha value is -4.79. The average molecular weight is 610 g/mol. The second-order valence-corrected chi connectivity index (χ2v) is 11.2. The Bertz CT molecular complexity index is 1530. The van der Waals surface area contributed by atoms with Gasteiger partial charge in [0.25, 0.3) is 0 Å². The molecule has 44 heavy (non-hydrogen) atoms. The molecular weight excluding hydrogens is 575 g/mol. The summed E-state index contributed by atoms with van der Waals surface area (Å²) in [6.07, 6.45) is -2.99. The number of rotatable bonds is 6. The number of aromatic nitrogens is 2. The van der Waals surface area contributed by atoms with Crippen molar-refractivity contribution < 1.29 is 32.2 Å². The van der Waals surface area contributed by atoms with Crippen molar-refractivity contribution in [3.05, 3.63) is 77.1 Å². The number of carbonyl (C=O) groups excluding carboxylic acids is 2. The molecule has 9 nitrogen and oxygen atoms in total. The number of halogens is 3. The molecule has 4 rings (SSSR count). The Kier molecular flexibility index (Phi) is 9.98. The van der Waals surface area contributed by atoms with Crippen LogP contribution in [0.25, 0.3) is 0 Å². The smallest absolute Gasteiger partial charge is 0.420 e. The number of esters is 1. The van der Waals surface area contributed by atoms with Crippen LogP contribution in [-0.4, -0.2) is 53.9 Å². The first kappa shape index (κ1) is 32.1. The van der Waals surface area contributed by atoms with E-state index in [4.69, 9.17) is 9.47 Å². The van der Waals surface area contributed by atoms with Gasteiger partial charge in [-0.3, -0.25) is 4.79 Å². The third-order valence-electron chi connectivity index (χ3n) is 6.69. The molecular formula is C32H34F3N5O4. The van der Waals surface area contributed by atoms with Crippen molar-refractivity contribution in [3.8, 4) is 11.8 Å². The fourth-order valence-corrected chi connectivity index (χ4v) is 4.54. The van der Waals surface area contributed by atoms with Gasteiger partial charge in [-0.15, -0.1) is 0 Å². The number of methoxy groups -OCH3 is 1. The zero-order valence-corrected chi connectivity index (χ0v) is 24.9. The van der Waals surface area contributed by atoms with E-state index in [-0.39, 0.29) is 18.4 Å². The van der Waals surface area contributed by atoms with E-state index in [1.165, 1.54) is 7.11 Å². The molecule has 1 saturated heterocycles. The number of benzene rings is 2. The highest BCUT2D eigenvalue weighted by molar-refractivity contribution is 5.73. The summed E-state index contributed by atoms with van der Waals surface area (Å²) in [7, 11) is 1.26. The Morgan fingerprint density at radius 1 is 1.02 bits per heavy atom. The first-order valence-electron chi connectivity index (χ1n) is 14.0. The van der Waals surface area contributed by atoms with Gasteiger partial charge in [0.05, 0.1) is 13.5 Å². The molecule has 12 heteroatoms. The number of hydrogen-bond acceptors (Lipinski definition) is 8. The van der Waals surface area contributed by atoms with E-state index in [9.17, 15) is 22.8 Å². The van der Waals surface area contributed by atoms with Crippen molar-refractivity contribution in [2.45, 2.75) is 57.9 Å². The van der Waals surface area contributed by atoms with E-state index in [1.807, 2.05) is 32.9 Å². The third-order valence-corrected chi connectivity index (χ3v) is 6.69. The molecule has 0 bridgehead atoms. The second kappa shape index (κ2) is 13.7. The van der Waals surface area contributed by atoms with Crippen molar-refractivity contribution in [2.24, 2.45) is 0 Å². The molecule has 1 aliphatic heterocycles. The lowest BCUT2D eigenvalue weighted by atomic mass is 10.0. The van der Waals surface area contributed by atoms with Gasteiger partial charge in [0.2, 0.25) is 5.95 Å². The fraction of sp³-hybridized carbons (Fsp3) is 0.375. The molecule has 1 amide bonds. The molecule has 0 radical (unpaired) electrons. The number of nitrogens with one attached hydrogen (secondary N) is 2. The minimum Gasteiger partial charge on any atom is -0.469 e. The normalized spacial score (nSPS) is 13.8. The first-order chi connectivity index (χ1) is 20.8. The van der Waals surface area contributed by atoms with Crippen LogP contribution in [0.2, 0.25) is 0 Å². The lowest BCUT2D eigenvalue weighted by Gasteiger charge is -2.34. The van der Waals surface area contributed by atoms with Gasteiger partial charge in [-0.2, -0.15) is 13.2 Å². The Morgan fingerprint density at radius 3 is 2.34 bits per heavy atom. The minimum absolute atomic E-state index is 0.0254. The molecule has 0 saturated carbocycles. The number of hydrogen-bond donors (Lipinski definition) is 2. The zero-order chi connectivity index (χ0) is 31.9. The lowest BCUT2D eigenvalue weighted by Crippen LogP contribution is -2.46. The number of piperidine rings is 1.